The Morgan fingerprint density at radius 2 is 2.10 bits per heavy atom. The van der Waals surface area contributed by atoms with E-state index < -0.39 is 18.3 Å². The number of hydrogen-bond donors (Lipinski definition) is 4. The van der Waals surface area contributed by atoms with Crippen LogP contribution < -0.4 is 4.74 Å². The molecule has 168 valence electrons. The van der Waals surface area contributed by atoms with E-state index in [0.717, 1.165) is 19.4 Å². The van der Waals surface area contributed by atoms with Crippen molar-refractivity contribution in [1.82, 2.24) is 4.90 Å². The van der Waals surface area contributed by atoms with Crippen molar-refractivity contribution in [3.05, 3.63) is 35.4 Å². The summed E-state index contributed by atoms with van der Waals surface area (Å²) in [6.45, 7) is 0.649. The largest absolute Gasteiger partial charge is 0.504 e. The van der Waals surface area contributed by atoms with Crippen molar-refractivity contribution in [1.29, 1.82) is 0 Å². The maximum Gasteiger partial charge on any atom is 0.165 e. The molecule has 6 rings (SSSR count). The third-order valence-electron chi connectivity index (χ3n) is 8.15. The van der Waals surface area contributed by atoms with E-state index in [-0.39, 0.29) is 34.6 Å². The molecule has 0 aromatic heterocycles. The van der Waals surface area contributed by atoms with E-state index >= 15 is 0 Å². The van der Waals surface area contributed by atoms with Crippen molar-refractivity contribution in [2.45, 2.75) is 65.8 Å². The molecule has 7 nitrogen and oxygen atoms in total. The van der Waals surface area contributed by atoms with Gasteiger partial charge in [0.25, 0.3) is 0 Å². The number of piperidine rings is 1. The monoisotopic (exact) mass is 447 g/mol. The molecule has 2 saturated heterocycles. The standard InChI is InChI=1S/C23H29NO6S/c1-24-7-6-23-12-3-5-17(31-18-9-15(27)20(28)16(10-25)29-18)22(23)30-21-14(26)4-2-11(19(21)23)8-13(12)24/h2-5,12-13,15-18,20,22,25-28H,6-10H2,1H3/t12?,13?,15?,16?,17?,18?,20-,22?,23?/m0/s1. The summed E-state index contributed by atoms with van der Waals surface area (Å²) in [5, 5.41) is 40.5. The second-order valence-electron chi connectivity index (χ2n) is 9.62. The number of nitrogens with zero attached hydrogens (tertiary/aromatic N) is 1. The zero-order chi connectivity index (χ0) is 21.5. The van der Waals surface area contributed by atoms with Gasteiger partial charge in [-0.05, 0) is 38.1 Å². The molecule has 0 amide bonds. The molecule has 0 saturated carbocycles. The van der Waals surface area contributed by atoms with Crippen LogP contribution in [0.1, 0.15) is 24.0 Å². The van der Waals surface area contributed by atoms with Gasteiger partial charge in [-0.25, -0.2) is 0 Å². The van der Waals surface area contributed by atoms with Gasteiger partial charge < -0.3 is 34.8 Å². The Morgan fingerprint density at radius 1 is 1.26 bits per heavy atom. The van der Waals surface area contributed by atoms with Crippen LogP contribution in [0.2, 0.25) is 0 Å². The van der Waals surface area contributed by atoms with Gasteiger partial charge in [0.2, 0.25) is 0 Å². The Kier molecular flexibility index (Phi) is 4.66. The smallest absolute Gasteiger partial charge is 0.165 e. The van der Waals surface area contributed by atoms with Crippen LogP contribution in [0, 0.1) is 5.92 Å². The lowest BCUT2D eigenvalue weighted by molar-refractivity contribution is -0.157. The Bertz CT molecular complexity index is 926. The van der Waals surface area contributed by atoms with Crippen LogP contribution in [0.15, 0.2) is 24.3 Å². The quantitative estimate of drug-likeness (QED) is 0.504. The molecule has 3 heterocycles. The van der Waals surface area contributed by atoms with Crippen molar-refractivity contribution < 1.29 is 29.9 Å². The number of rotatable bonds is 3. The zero-order valence-corrected chi connectivity index (χ0v) is 18.2. The Labute approximate surface area is 185 Å². The molecular weight excluding hydrogens is 418 g/mol. The number of aromatic hydroxyl groups is 1. The summed E-state index contributed by atoms with van der Waals surface area (Å²) in [5.74, 6) is 1.17. The summed E-state index contributed by atoms with van der Waals surface area (Å²) in [6.07, 6.45) is 3.82. The van der Waals surface area contributed by atoms with Gasteiger partial charge in [0.1, 0.15) is 23.7 Å². The van der Waals surface area contributed by atoms with Crippen molar-refractivity contribution in [2.24, 2.45) is 5.92 Å². The maximum atomic E-state index is 10.6. The third kappa shape index (κ3) is 2.72. The van der Waals surface area contributed by atoms with Gasteiger partial charge in [0.15, 0.2) is 11.5 Å². The number of thioether (sulfide) groups is 1. The molecule has 8 unspecified atom stereocenters. The van der Waals surface area contributed by atoms with E-state index in [0.29, 0.717) is 24.1 Å². The fourth-order valence-corrected chi connectivity index (χ4v) is 8.15. The predicted molar refractivity (Wildman–Crippen MR) is 115 cm³/mol. The van der Waals surface area contributed by atoms with Gasteiger partial charge in [-0.1, -0.05) is 18.2 Å². The van der Waals surface area contributed by atoms with E-state index in [2.05, 4.69) is 30.2 Å². The first kappa shape index (κ1) is 20.3. The van der Waals surface area contributed by atoms with Gasteiger partial charge in [-0.2, -0.15) is 0 Å². The van der Waals surface area contributed by atoms with Gasteiger partial charge in [-0.15, -0.1) is 11.8 Å². The summed E-state index contributed by atoms with van der Waals surface area (Å²) < 4.78 is 12.5. The van der Waals surface area contributed by atoms with Crippen molar-refractivity contribution >= 4 is 11.8 Å². The van der Waals surface area contributed by atoms with Crippen molar-refractivity contribution in [2.75, 3.05) is 20.2 Å². The van der Waals surface area contributed by atoms with Gasteiger partial charge in [-0.3, -0.25) is 0 Å². The second kappa shape index (κ2) is 7.10. The molecule has 5 aliphatic rings. The normalized spacial score (nSPS) is 45.3. The van der Waals surface area contributed by atoms with Crippen LogP contribution >= 0.6 is 11.8 Å². The molecule has 0 radical (unpaired) electrons. The van der Waals surface area contributed by atoms with Gasteiger partial charge in [0.05, 0.1) is 18.0 Å². The number of benzene rings is 1. The number of phenols is 1. The summed E-state index contributed by atoms with van der Waals surface area (Å²) >= 11 is 1.58. The fraction of sp³-hybridized carbons (Fsp3) is 0.652. The highest BCUT2D eigenvalue weighted by atomic mass is 32.2. The third-order valence-corrected chi connectivity index (χ3v) is 9.48. The first-order valence-electron chi connectivity index (χ1n) is 11.1. The minimum Gasteiger partial charge on any atom is -0.504 e. The molecule has 1 aromatic carbocycles. The molecule has 1 aromatic rings. The number of likely N-dealkylation sites (tertiary alicyclic amines) is 1. The number of aliphatic hydroxyl groups excluding tert-OH is 3. The predicted octanol–water partition coefficient (Wildman–Crippen LogP) is 0.768. The number of likely N-dealkylation sites (N-methyl/N-ethyl adjacent to an activating group) is 1. The maximum absolute atomic E-state index is 10.6. The average molecular weight is 448 g/mol. The summed E-state index contributed by atoms with van der Waals surface area (Å²) in [7, 11) is 2.20. The topological polar surface area (TPSA) is 103 Å². The van der Waals surface area contributed by atoms with E-state index in [1.165, 1.54) is 11.1 Å². The molecule has 2 bridgehead atoms. The minimum atomic E-state index is -1.08. The first-order chi connectivity index (χ1) is 14.9. The second-order valence-corrected chi connectivity index (χ2v) is 11.0. The summed E-state index contributed by atoms with van der Waals surface area (Å²) in [4.78, 5) is 2.45. The van der Waals surface area contributed by atoms with Crippen LogP contribution in [0.3, 0.4) is 0 Å². The molecule has 8 heteroatoms. The molecule has 4 N–H and O–H groups in total. The molecule has 31 heavy (non-hydrogen) atoms. The first-order valence-corrected chi connectivity index (χ1v) is 12.1. The summed E-state index contributed by atoms with van der Waals surface area (Å²) in [6, 6.07) is 4.21. The molecule has 1 spiro atoms. The molecule has 3 aliphatic heterocycles. The fourth-order valence-electron chi connectivity index (χ4n) is 6.67. The van der Waals surface area contributed by atoms with Crippen LogP contribution in [-0.4, -0.2) is 86.7 Å². The number of ether oxygens (including phenoxy) is 2. The lowest BCUT2D eigenvalue weighted by Crippen LogP contribution is -2.64. The van der Waals surface area contributed by atoms with Gasteiger partial charge >= 0.3 is 0 Å². The Morgan fingerprint density at radius 3 is 2.90 bits per heavy atom. The van der Waals surface area contributed by atoms with Gasteiger partial charge in [0, 0.05) is 29.4 Å². The van der Waals surface area contributed by atoms with E-state index in [1.54, 1.807) is 17.8 Å². The number of hydrogen-bond acceptors (Lipinski definition) is 8. The van der Waals surface area contributed by atoms with Crippen LogP contribution in [0.4, 0.5) is 0 Å². The Balaban J connectivity index is 1.37. The zero-order valence-electron chi connectivity index (χ0n) is 17.4. The number of aliphatic hydroxyl groups is 3. The van der Waals surface area contributed by atoms with Crippen LogP contribution in [-0.2, 0) is 16.6 Å². The minimum absolute atomic E-state index is 0.0233. The highest BCUT2D eigenvalue weighted by Gasteiger charge is 2.64. The van der Waals surface area contributed by atoms with Crippen LogP contribution in [0.25, 0.3) is 0 Å². The van der Waals surface area contributed by atoms with Crippen molar-refractivity contribution in [3.8, 4) is 11.5 Å². The summed E-state index contributed by atoms with van der Waals surface area (Å²) in [5.41, 5.74) is 1.93. The SMILES string of the molecule is CN1CCC23c4c5ccc(O)c4OC2C(SC2CC(O)[C@H](O)C(CO)O2)C=CC3C1C5. The molecule has 2 aliphatic carbocycles. The van der Waals surface area contributed by atoms with E-state index in [9.17, 15) is 20.4 Å². The Hall–Kier alpha value is -1.29. The molecule has 2 fully saturated rings. The van der Waals surface area contributed by atoms with E-state index in [4.69, 9.17) is 9.47 Å². The number of phenolic OH excluding ortho intramolecular Hbond substituents is 1. The average Bonchev–Trinajstić information content (AvgIpc) is 3.11. The molecule has 9 atom stereocenters. The lowest BCUT2D eigenvalue weighted by Gasteiger charge is -2.57. The lowest BCUT2D eigenvalue weighted by atomic mass is 9.53. The van der Waals surface area contributed by atoms with Crippen molar-refractivity contribution in [3.63, 3.8) is 0 Å². The van der Waals surface area contributed by atoms with Crippen LogP contribution in [0.5, 0.6) is 11.5 Å². The molecular formula is C23H29NO6S. The van der Waals surface area contributed by atoms with E-state index in [1.807, 2.05) is 0 Å². The highest BCUT2D eigenvalue weighted by molar-refractivity contribution is 8.00. The highest BCUT2D eigenvalue weighted by Crippen LogP contribution is 2.63.